The number of carbonyl (C=O) groups excluding carboxylic acids is 1. The van der Waals surface area contributed by atoms with E-state index in [9.17, 15) is 4.79 Å². The molecule has 0 aliphatic rings. The highest BCUT2D eigenvalue weighted by molar-refractivity contribution is 6.04. The highest BCUT2D eigenvalue weighted by atomic mass is 16.1. The van der Waals surface area contributed by atoms with Gasteiger partial charge in [0.25, 0.3) is 5.91 Å². The number of para-hydroxylation sites is 2. The summed E-state index contributed by atoms with van der Waals surface area (Å²) in [4.78, 5) is 19.9. The fraction of sp³-hybridized carbons (Fsp3) is 0.100. The van der Waals surface area contributed by atoms with Crippen molar-refractivity contribution in [3.05, 3.63) is 77.6 Å². The summed E-state index contributed by atoms with van der Waals surface area (Å²) in [5.41, 5.74) is 5.68. The van der Waals surface area contributed by atoms with E-state index in [0.717, 1.165) is 28.1 Å². The van der Waals surface area contributed by atoms with E-state index in [4.69, 9.17) is 0 Å². The monoisotopic (exact) mass is 330 g/mol. The molecule has 0 aliphatic carbocycles. The highest BCUT2D eigenvalue weighted by Gasteiger charge is 2.10. The van der Waals surface area contributed by atoms with Gasteiger partial charge < -0.3 is 9.55 Å². The molecule has 5 heteroatoms. The Hall–Kier alpha value is -3.34. The molecule has 0 saturated heterocycles. The molecule has 1 amide bonds. The summed E-state index contributed by atoms with van der Waals surface area (Å²) < 4.78 is 2.15. The van der Waals surface area contributed by atoms with Gasteiger partial charge in [-0.15, -0.1) is 0 Å². The number of hydrogen-bond donors (Lipinski definition) is 2. The number of aromatic amines is 1. The number of anilines is 1. The minimum absolute atomic E-state index is 0.188. The second-order valence-electron chi connectivity index (χ2n) is 6.06. The van der Waals surface area contributed by atoms with Crippen LogP contribution in [0.1, 0.15) is 21.7 Å². The average Bonchev–Trinajstić information content (AvgIpc) is 3.17. The first-order valence-electron chi connectivity index (χ1n) is 8.13. The van der Waals surface area contributed by atoms with Crippen molar-refractivity contribution >= 4 is 22.9 Å². The summed E-state index contributed by atoms with van der Waals surface area (Å²) in [6.07, 6.45) is 0. The van der Waals surface area contributed by atoms with Crippen LogP contribution in [0.2, 0.25) is 0 Å². The van der Waals surface area contributed by atoms with Crippen molar-refractivity contribution in [2.45, 2.75) is 13.8 Å². The first kappa shape index (κ1) is 15.2. The smallest absolute Gasteiger partial charge is 0.257 e. The first-order valence-corrected chi connectivity index (χ1v) is 8.13. The van der Waals surface area contributed by atoms with E-state index in [-0.39, 0.29) is 5.91 Å². The predicted octanol–water partition coefficient (Wildman–Crippen LogP) is 4.22. The van der Waals surface area contributed by atoms with Gasteiger partial charge in [0, 0.05) is 22.6 Å². The Morgan fingerprint density at radius 1 is 0.960 bits per heavy atom. The van der Waals surface area contributed by atoms with E-state index in [2.05, 4.69) is 45.8 Å². The Kier molecular flexibility index (Phi) is 3.61. The standard InChI is InChI=1S/C20H18N4O/c1-13-7-8-14(2)24(13)16-11-9-15(10-12-16)19(25)23-20-21-17-5-3-4-6-18(17)22-20/h3-12H,1-2H3,(H2,21,22,23,25). The van der Waals surface area contributed by atoms with Crippen molar-refractivity contribution in [1.29, 1.82) is 0 Å². The fourth-order valence-electron chi connectivity index (χ4n) is 3.03. The van der Waals surface area contributed by atoms with Gasteiger partial charge in [-0.25, -0.2) is 4.98 Å². The fourth-order valence-corrected chi connectivity index (χ4v) is 3.03. The van der Waals surface area contributed by atoms with Crippen molar-refractivity contribution in [1.82, 2.24) is 14.5 Å². The van der Waals surface area contributed by atoms with Crippen LogP contribution in [-0.2, 0) is 0 Å². The van der Waals surface area contributed by atoms with Gasteiger partial charge >= 0.3 is 0 Å². The van der Waals surface area contributed by atoms with E-state index < -0.39 is 0 Å². The lowest BCUT2D eigenvalue weighted by Crippen LogP contribution is -2.13. The molecule has 2 heterocycles. The Morgan fingerprint density at radius 3 is 2.32 bits per heavy atom. The minimum Gasteiger partial charge on any atom is -0.324 e. The van der Waals surface area contributed by atoms with Crippen LogP contribution in [0.15, 0.2) is 60.7 Å². The quantitative estimate of drug-likeness (QED) is 0.591. The SMILES string of the molecule is Cc1ccc(C)n1-c1ccc(C(=O)Nc2nc3ccccc3[nH]2)cc1. The zero-order valence-electron chi connectivity index (χ0n) is 14.1. The average molecular weight is 330 g/mol. The molecule has 124 valence electrons. The van der Waals surface area contributed by atoms with Crippen LogP contribution in [0.4, 0.5) is 5.95 Å². The normalized spacial score (nSPS) is 11.0. The number of rotatable bonds is 3. The zero-order chi connectivity index (χ0) is 17.4. The number of fused-ring (bicyclic) bond motifs is 1. The van der Waals surface area contributed by atoms with Gasteiger partial charge in [-0.3, -0.25) is 10.1 Å². The second-order valence-corrected chi connectivity index (χ2v) is 6.06. The molecule has 2 N–H and O–H groups in total. The van der Waals surface area contributed by atoms with Gasteiger partial charge in [0.2, 0.25) is 5.95 Å². The van der Waals surface area contributed by atoms with Crippen LogP contribution in [0.25, 0.3) is 16.7 Å². The molecule has 4 rings (SSSR count). The van der Waals surface area contributed by atoms with Crippen LogP contribution >= 0.6 is 0 Å². The van der Waals surface area contributed by atoms with E-state index in [0.29, 0.717) is 11.5 Å². The zero-order valence-corrected chi connectivity index (χ0v) is 14.1. The van der Waals surface area contributed by atoms with E-state index in [1.165, 1.54) is 0 Å². The molecule has 0 saturated carbocycles. The highest BCUT2D eigenvalue weighted by Crippen LogP contribution is 2.18. The van der Waals surface area contributed by atoms with Crippen LogP contribution in [0.5, 0.6) is 0 Å². The largest absolute Gasteiger partial charge is 0.324 e. The van der Waals surface area contributed by atoms with Crippen LogP contribution < -0.4 is 5.32 Å². The maximum absolute atomic E-state index is 12.4. The lowest BCUT2D eigenvalue weighted by Gasteiger charge is -2.10. The number of H-pyrrole nitrogens is 1. The van der Waals surface area contributed by atoms with Crippen molar-refractivity contribution in [3.63, 3.8) is 0 Å². The lowest BCUT2D eigenvalue weighted by atomic mass is 10.2. The van der Waals surface area contributed by atoms with Gasteiger partial charge in [0.15, 0.2) is 0 Å². The molecule has 2 aromatic carbocycles. The third-order valence-electron chi connectivity index (χ3n) is 4.28. The van der Waals surface area contributed by atoms with E-state index >= 15 is 0 Å². The number of nitrogens with one attached hydrogen (secondary N) is 2. The van der Waals surface area contributed by atoms with Crippen molar-refractivity contribution in [3.8, 4) is 5.69 Å². The lowest BCUT2D eigenvalue weighted by molar-refractivity contribution is 0.102. The van der Waals surface area contributed by atoms with Crippen LogP contribution in [0.3, 0.4) is 0 Å². The number of aryl methyl sites for hydroxylation is 2. The van der Waals surface area contributed by atoms with Gasteiger partial charge in [0.1, 0.15) is 0 Å². The van der Waals surface area contributed by atoms with Gasteiger partial charge in [-0.1, -0.05) is 12.1 Å². The summed E-state index contributed by atoms with van der Waals surface area (Å²) in [7, 11) is 0. The maximum Gasteiger partial charge on any atom is 0.257 e. The molecule has 4 aromatic rings. The molecular formula is C20H18N4O. The van der Waals surface area contributed by atoms with Crippen molar-refractivity contribution in [2.24, 2.45) is 0 Å². The molecule has 25 heavy (non-hydrogen) atoms. The summed E-state index contributed by atoms with van der Waals surface area (Å²) in [6.45, 7) is 4.13. The molecular weight excluding hydrogens is 312 g/mol. The Labute approximate surface area is 145 Å². The molecule has 0 atom stereocenters. The van der Waals surface area contributed by atoms with Gasteiger partial charge in [-0.05, 0) is 62.4 Å². The minimum atomic E-state index is -0.188. The summed E-state index contributed by atoms with van der Waals surface area (Å²) >= 11 is 0. The van der Waals surface area contributed by atoms with Gasteiger partial charge in [0.05, 0.1) is 11.0 Å². The molecule has 5 nitrogen and oxygen atoms in total. The van der Waals surface area contributed by atoms with E-state index in [1.54, 1.807) is 0 Å². The maximum atomic E-state index is 12.4. The Balaban J connectivity index is 1.56. The summed E-state index contributed by atoms with van der Waals surface area (Å²) in [5, 5.41) is 2.81. The molecule has 0 radical (unpaired) electrons. The number of imidazole rings is 1. The Morgan fingerprint density at radius 2 is 1.64 bits per heavy atom. The Bertz CT molecular complexity index is 1000. The van der Waals surface area contributed by atoms with E-state index in [1.807, 2.05) is 48.5 Å². The number of nitrogens with zero attached hydrogens (tertiary/aromatic N) is 2. The topological polar surface area (TPSA) is 62.7 Å². The second kappa shape index (κ2) is 5.94. The first-order chi connectivity index (χ1) is 12.1. The number of aromatic nitrogens is 3. The summed E-state index contributed by atoms with van der Waals surface area (Å²) in [5.74, 6) is 0.263. The number of benzene rings is 2. The molecule has 0 spiro atoms. The van der Waals surface area contributed by atoms with Crippen LogP contribution in [0, 0.1) is 13.8 Å². The predicted molar refractivity (Wildman–Crippen MR) is 99.3 cm³/mol. The molecule has 0 fully saturated rings. The number of carbonyl (C=O) groups is 1. The molecule has 0 aliphatic heterocycles. The molecule has 2 aromatic heterocycles. The van der Waals surface area contributed by atoms with Crippen molar-refractivity contribution < 1.29 is 4.79 Å². The van der Waals surface area contributed by atoms with Gasteiger partial charge in [-0.2, -0.15) is 0 Å². The summed E-state index contributed by atoms with van der Waals surface area (Å²) in [6, 6.07) is 19.4. The van der Waals surface area contributed by atoms with Crippen LogP contribution in [-0.4, -0.2) is 20.4 Å². The van der Waals surface area contributed by atoms with Crippen molar-refractivity contribution in [2.75, 3.05) is 5.32 Å². The number of hydrogen-bond acceptors (Lipinski definition) is 2. The third-order valence-corrected chi connectivity index (χ3v) is 4.28. The third kappa shape index (κ3) is 2.80. The number of amides is 1. The molecule has 0 bridgehead atoms. The molecule has 0 unspecified atom stereocenters.